The molecular formula is C20H21NO3. The number of carbonyl (C=O) groups is 1. The second kappa shape index (κ2) is 7.79. The Balaban J connectivity index is 1.79. The summed E-state index contributed by atoms with van der Waals surface area (Å²) in [5.74, 6) is 0.764. The molecule has 0 radical (unpaired) electrons. The van der Waals surface area contributed by atoms with Crippen LogP contribution in [0.4, 0.5) is 5.69 Å². The molecule has 1 aliphatic rings. The summed E-state index contributed by atoms with van der Waals surface area (Å²) in [5, 5.41) is 0. The van der Waals surface area contributed by atoms with Gasteiger partial charge in [0.2, 0.25) is 0 Å². The van der Waals surface area contributed by atoms with E-state index in [9.17, 15) is 4.79 Å². The molecule has 4 nitrogen and oxygen atoms in total. The lowest BCUT2D eigenvalue weighted by atomic mass is 10.1. The van der Waals surface area contributed by atoms with Crippen LogP contribution in [0, 0.1) is 0 Å². The number of methoxy groups -OCH3 is 1. The molecule has 1 amide bonds. The third-order valence-electron chi connectivity index (χ3n) is 4.08. The summed E-state index contributed by atoms with van der Waals surface area (Å²) in [5.41, 5.74) is 1.86. The maximum Gasteiger partial charge on any atom is 0.251 e. The van der Waals surface area contributed by atoms with Gasteiger partial charge in [-0.05, 0) is 42.3 Å². The number of amides is 1. The third-order valence-corrected chi connectivity index (χ3v) is 4.08. The number of anilines is 1. The first-order valence-corrected chi connectivity index (χ1v) is 8.06. The molecule has 0 aromatic heterocycles. The number of carbonyl (C=O) groups excluding carboxylic acids is 1. The van der Waals surface area contributed by atoms with Crippen LogP contribution >= 0.6 is 0 Å². The van der Waals surface area contributed by atoms with Crippen molar-refractivity contribution in [1.29, 1.82) is 0 Å². The molecule has 1 unspecified atom stereocenters. The molecule has 1 aliphatic heterocycles. The highest BCUT2D eigenvalue weighted by Gasteiger charge is 2.27. The number of para-hydroxylation sites is 1. The Labute approximate surface area is 142 Å². The maximum absolute atomic E-state index is 12.8. The van der Waals surface area contributed by atoms with Crippen LogP contribution in [0.3, 0.4) is 0 Å². The van der Waals surface area contributed by atoms with E-state index in [0.717, 1.165) is 23.4 Å². The number of hydrogen-bond donors (Lipinski definition) is 0. The highest BCUT2D eigenvalue weighted by molar-refractivity contribution is 6.04. The molecule has 2 aromatic rings. The molecule has 124 valence electrons. The normalized spacial score (nSPS) is 17.1. The first kappa shape index (κ1) is 16.3. The third kappa shape index (κ3) is 3.84. The minimum absolute atomic E-state index is 0.0347. The quantitative estimate of drug-likeness (QED) is 0.790. The molecule has 1 atom stereocenters. The van der Waals surface area contributed by atoms with Crippen LogP contribution in [0.1, 0.15) is 12.0 Å². The fourth-order valence-corrected chi connectivity index (χ4v) is 2.80. The number of rotatable bonds is 5. The zero-order valence-corrected chi connectivity index (χ0v) is 13.7. The van der Waals surface area contributed by atoms with Crippen molar-refractivity contribution in [1.82, 2.24) is 0 Å². The van der Waals surface area contributed by atoms with Gasteiger partial charge in [-0.15, -0.1) is 0 Å². The number of nitrogens with zero attached hydrogens (tertiary/aromatic N) is 1. The Hall–Kier alpha value is -2.59. The Bertz CT molecular complexity index is 689. The van der Waals surface area contributed by atoms with E-state index >= 15 is 0 Å². The molecule has 1 saturated heterocycles. The number of hydrogen-bond acceptors (Lipinski definition) is 3. The van der Waals surface area contributed by atoms with Gasteiger partial charge in [0, 0.05) is 18.4 Å². The largest absolute Gasteiger partial charge is 0.497 e. The summed E-state index contributed by atoms with van der Waals surface area (Å²) in [4.78, 5) is 14.6. The molecule has 1 heterocycles. The standard InChI is InChI=1S/C20H21NO3/c1-23-19-10-7-16(8-11-19)9-12-20(22)21(18-13-14-24-15-18)17-5-3-2-4-6-17/h2-12,18H,13-15H2,1H3. The molecule has 0 N–H and O–H groups in total. The van der Waals surface area contributed by atoms with E-state index in [1.807, 2.05) is 65.6 Å². The molecule has 0 aliphatic carbocycles. The molecule has 0 bridgehead atoms. The summed E-state index contributed by atoms with van der Waals surface area (Å²) in [6.45, 7) is 1.28. The second-order valence-corrected chi connectivity index (χ2v) is 5.67. The van der Waals surface area contributed by atoms with Crippen LogP contribution in [0.15, 0.2) is 60.7 Å². The lowest BCUT2D eigenvalue weighted by Gasteiger charge is -2.27. The molecule has 0 spiro atoms. The molecule has 3 rings (SSSR count). The van der Waals surface area contributed by atoms with Crippen LogP contribution in [-0.2, 0) is 9.53 Å². The van der Waals surface area contributed by atoms with Crippen LogP contribution in [-0.4, -0.2) is 32.3 Å². The van der Waals surface area contributed by atoms with Crippen molar-refractivity contribution >= 4 is 17.7 Å². The van der Waals surface area contributed by atoms with E-state index in [-0.39, 0.29) is 11.9 Å². The predicted octanol–water partition coefficient (Wildman–Crippen LogP) is 3.53. The van der Waals surface area contributed by atoms with Crippen molar-refractivity contribution in [3.8, 4) is 5.75 Å². The summed E-state index contributed by atoms with van der Waals surface area (Å²) >= 11 is 0. The van der Waals surface area contributed by atoms with Crippen LogP contribution in [0.5, 0.6) is 5.75 Å². The Morgan fingerprint density at radius 1 is 1.17 bits per heavy atom. The van der Waals surface area contributed by atoms with Gasteiger partial charge < -0.3 is 14.4 Å². The van der Waals surface area contributed by atoms with E-state index in [2.05, 4.69) is 0 Å². The zero-order chi connectivity index (χ0) is 16.8. The number of ether oxygens (including phenoxy) is 2. The Morgan fingerprint density at radius 3 is 2.54 bits per heavy atom. The smallest absolute Gasteiger partial charge is 0.251 e. The first-order chi connectivity index (χ1) is 11.8. The summed E-state index contributed by atoms with van der Waals surface area (Å²) < 4.78 is 10.6. The topological polar surface area (TPSA) is 38.8 Å². The average Bonchev–Trinajstić information content (AvgIpc) is 3.15. The first-order valence-electron chi connectivity index (χ1n) is 8.06. The van der Waals surface area contributed by atoms with Gasteiger partial charge in [-0.1, -0.05) is 30.3 Å². The van der Waals surface area contributed by atoms with Crippen molar-refractivity contribution in [3.63, 3.8) is 0 Å². The highest BCUT2D eigenvalue weighted by Crippen LogP contribution is 2.22. The van der Waals surface area contributed by atoms with Gasteiger partial charge >= 0.3 is 0 Å². The minimum Gasteiger partial charge on any atom is -0.497 e. The predicted molar refractivity (Wildman–Crippen MR) is 95.2 cm³/mol. The van der Waals surface area contributed by atoms with E-state index in [4.69, 9.17) is 9.47 Å². The van der Waals surface area contributed by atoms with E-state index < -0.39 is 0 Å². The van der Waals surface area contributed by atoms with Gasteiger partial charge in [-0.3, -0.25) is 4.79 Å². The summed E-state index contributed by atoms with van der Waals surface area (Å²) in [6.07, 6.45) is 4.30. The lowest BCUT2D eigenvalue weighted by Crippen LogP contribution is -2.40. The van der Waals surface area contributed by atoms with Gasteiger partial charge in [-0.25, -0.2) is 0 Å². The monoisotopic (exact) mass is 323 g/mol. The van der Waals surface area contributed by atoms with Gasteiger partial charge in [0.25, 0.3) is 5.91 Å². The number of benzene rings is 2. The van der Waals surface area contributed by atoms with Crippen molar-refractivity contribution in [2.24, 2.45) is 0 Å². The molecule has 2 aromatic carbocycles. The second-order valence-electron chi connectivity index (χ2n) is 5.67. The van der Waals surface area contributed by atoms with Crippen LogP contribution < -0.4 is 9.64 Å². The zero-order valence-electron chi connectivity index (χ0n) is 13.7. The summed E-state index contributed by atoms with van der Waals surface area (Å²) in [7, 11) is 1.63. The lowest BCUT2D eigenvalue weighted by molar-refractivity contribution is -0.114. The van der Waals surface area contributed by atoms with E-state index in [1.165, 1.54) is 0 Å². The average molecular weight is 323 g/mol. The molecular weight excluding hydrogens is 302 g/mol. The minimum atomic E-state index is -0.0347. The molecule has 1 fully saturated rings. The molecule has 0 saturated carbocycles. The van der Waals surface area contributed by atoms with Crippen molar-refractivity contribution < 1.29 is 14.3 Å². The van der Waals surface area contributed by atoms with Crippen molar-refractivity contribution in [2.75, 3.05) is 25.2 Å². The van der Waals surface area contributed by atoms with Gasteiger partial charge in [0.05, 0.1) is 19.8 Å². The fraction of sp³-hybridized carbons (Fsp3) is 0.250. The summed E-state index contributed by atoms with van der Waals surface area (Å²) in [6, 6.07) is 17.4. The molecule has 4 heteroatoms. The van der Waals surface area contributed by atoms with Gasteiger partial charge in [-0.2, -0.15) is 0 Å². The Kier molecular flexibility index (Phi) is 5.29. The Morgan fingerprint density at radius 2 is 1.92 bits per heavy atom. The highest BCUT2D eigenvalue weighted by atomic mass is 16.5. The maximum atomic E-state index is 12.8. The van der Waals surface area contributed by atoms with Gasteiger partial charge in [0.1, 0.15) is 5.75 Å². The van der Waals surface area contributed by atoms with Gasteiger partial charge in [0.15, 0.2) is 0 Å². The van der Waals surface area contributed by atoms with Crippen molar-refractivity contribution in [3.05, 3.63) is 66.2 Å². The van der Waals surface area contributed by atoms with Crippen LogP contribution in [0.25, 0.3) is 6.08 Å². The van der Waals surface area contributed by atoms with E-state index in [1.54, 1.807) is 13.2 Å². The molecule has 24 heavy (non-hydrogen) atoms. The van der Waals surface area contributed by atoms with E-state index in [0.29, 0.717) is 13.2 Å². The fourth-order valence-electron chi connectivity index (χ4n) is 2.80. The SMILES string of the molecule is COc1ccc(C=CC(=O)N(c2ccccc2)C2CCOC2)cc1. The van der Waals surface area contributed by atoms with Crippen LogP contribution in [0.2, 0.25) is 0 Å². The van der Waals surface area contributed by atoms with Crippen molar-refractivity contribution in [2.45, 2.75) is 12.5 Å².